The van der Waals surface area contributed by atoms with E-state index in [1.807, 2.05) is 160 Å². The summed E-state index contributed by atoms with van der Waals surface area (Å²) in [6.45, 7) is 14.5. The minimum absolute atomic E-state index is 0. The Hall–Kier alpha value is -11.5. The van der Waals surface area contributed by atoms with Crippen LogP contribution in [-0.2, 0) is 40.0 Å². The number of aryl methyl sites for hydroxylation is 1. The van der Waals surface area contributed by atoms with E-state index in [1.54, 1.807) is 62.4 Å². The summed E-state index contributed by atoms with van der Waals surface area (Å²) in [5.74, 6) is 0. The van der Waals surface area contributed by atoms with Crippen LogP contribution in [0.15, 0.2) is 172 Å². The zero-order valence-corrected chi connectivity index (χ0v) is 62.7. The van der Waals surface area contributed by atoms with Gasteiger partial charge in [-0.25, -0.2) is 4.79 Å². The number of hydrogen-bond acceptors (Lipinski definition) is 21. The molecule has 12 rings (SSSR count). The van der Waals surface area contributed by atoms with Crippen LogP contribution in [0.1, 0.15) is 68.0 Å². The molecular formula is C73H98ClN21O10. The second-order valence-electron chi connectivity index (χ2n) is 24.2. The molecule has 0 aromatic carbocycles. The number of H-pyrrole nitrogens is 5. The van der Waals surface area contributed by atoms with Gasteiger partial charge in [0, 0.05) is 188 Å². The highest BCUT2D eigenvalue weighted by atomic mass is 35.5. The number of carbonyl (C=O) groups is 1. The lowest BCUT2D eigenvalue weighted by molar-refractivity contribution is -0.606. The molecule has 0 unspecified atom stereocenters. The fraction of sp³-hybridized carbons (Fsp3) is 0.329. The van der Waals surface area contributed by atoms with E-state index in [0.29, 0.717) is 47.7 Å². The summed E-state index contributed by atoms with van der Waals surface area (Å²) < 4.78 is 16.7. The highest BCUT2D eigenvalue weighted by Crippen LogP contribution is 2.21. The lowest BCUT2D eigenvalue weighted by Gasteiger charge is -2.22. The number of hydrogen-bond donors (Lipinski definition) is 8. The summed E-state index contributed by atoms with van der Waals surface area (Å²) in [6.07, 6.45) is 37.0. The maximum Gasteiger partial charge on any atom is 0.407 e. The minimum Gasteiger partial charge on any atom is -0.619 e. The number of fused-ring (bicyclic) bond motifs is 5. The third-order valence-corrected chi connectivity index (χ3v) is 13.9. The minimum atomic E-state index is -0.519. The van der Waals surface area contributed by atoms with Crippen LogP contribution in [0.3, 0.4) is 0 Å². The number of carbonyl (C=O) groups excluding carboxylic acids is 1. The first-order valence-corrected chi connectivity index (χ1v) is 33.0. The summed E-state index contributed by atoms with van der Waals surface area (Å²) in [4.78, 5) is 73.1. The predicted octanol–water partition coefficient (Wildman–Crippen LogP) is 11.0. The molecule has 0 aliphatic heterocycles. The van der Waals surface area contributed by atoms with Crippen LogP contribution in [0.4, 0.5) is 16.2 Å². The van der Waals surface area contributed by atoms with Crippen LogP contribution >= 0.6 is 12.4 Å². The van der Waals surface area contributed by atoms with Crippen molar-refractivity contribution in [2.75, 3.05) is 82.7 Å². The molecule has 32 heteroatoms. The Morgan fingerprint density at radius 3 is 1.52 bits per heavy atom. The van der Waals surface area contributed by atoms with Gasteiger partial charge >= 0.3 is 6.09 Å². The topological polar surface area (TPSA) is 412 Å². The van der Waals surface area contributed by atoms with Crippen molar-refractivity contribution in [2.24, 2.45) is 5.73 Å². The third kappa shape index (κ3) is 31.3. The van der Waals surface area contributed by atoms with Gasteiger partial charge in [0.05, 0.1) is 40.0 Å². The summed E-state index contributed by atoms with van der Waals surface area (Å²) in [6, 6.07) is 16.2. The molecule has 1 amide bonds. The number of nitrogens with zero attached hydrogens (tertiary/aromatic N) is 13. The number of halogens is 1. The first kappa shape index (κ1) is 87.7. The highest BCUT2D eigenvalue weighted by molar-refractivity contribution is 5.86. The fourth-order valence-electron chi connectivity index (χ4n) is 9.28. The van der Waals surface area contributed by atoms with Crippen LogP contribution in [0.2, 0.25) is 0 Å². The number of alkyl carbamates (subject to hydrolysis) is 1. The second-order valence-corrected chi connectivity index (χ2v) is 24.2. The molecule has 105 heavy (non-hydrogen) atoms. The van der Waals surface area contributed by atoms with E-state index in [0.717, 1.165) is 99.0 Å². The molecule has 0 aliphatic rings. The first-order valence-electron chi connectivity index (χ1n) is 33.0. The maximum absolute atomic E-state index is 11.5. The summed E-state index contributed by atoms with van der Waals surface area (Å²) in [5.41, 5.74) is 15.8. The van der Waals surface area contributed by atoms with E-state index in [1.165, 1.54) is 47.0 Å². The zero-order chi connectivity index (χ0) is 76.6. The van der Waals surface area contributed by atoms with Gasteiger partial charge < -0.3 is 75.7 Å². The van der Waals surface area contributed by atoms with E-state index >= 15 is 0 Å². The molecule has 0 atom stereocenters. The van der Waals surface area contributed by atoms with Crippen molar-refractivity contribution in [1.82, 2.24) is 75.2 Å². The van der Waals surface area contributed by atoms with Gasteiger partial charge in [-0.1, -0.05) is 0 Å². The van der Waals surface area contributed by atoms with Crippen LogP contribution in [0.25, 0.3) is 60.6 Å². The molecule has 0 fully saturated rings. The van der Waals surface area contributed by atoms with Gasteiger partial charge in [0.15, 0.2) is 24.8 Å². The molecule has 0 aliphatic carbocycles. The number of nitriles is 1. The van der Waals surface area contributed by atoms with E-state index in [9.17, 15) is 35.4 Å². The highest BCUT2D eigenvalue weighted by Gasteiger charge is 2.17. The van der Waals surface area contributed by atoms with Crippen LogP contribution in [0, 0.1) is 48.9 Å². The van der Waals surface area contributed by atoms with Crippen molar-refractivity contribution < 1.29 is 38.3 Å². The number of nitro groups is 2. The normalized spacial score (nSPS) is 10.5. The molecule has 0 spiro atoms. The van der Waals surface area contributed by atoms with Crippen LogP contribution < -0.4 is 25.8 Å². The maximum atomic E-state index is 11.5. The van der Waals surface area contributed by atoms with E-state index in [4.69, 9.17) is 25.2 Å². The Morgan fingerprint density at radius 2 is 1.10 bits per heavy atom. The van der Waals surface area contributed by atoms with Gasteiger partial charge in [0.2, 0.25) is 6.41 Å². The van der Waals surface area contributed by atoms with Crippen molar-refractivity contribution in [3.05, 3.63) is 236 Å². The number of nitrogens with two attached hydrogens (primary N) is 1. The molecule has 12 aromatic heterocycles. The van der Waals surface area contributed by atoms with Crippen molar-refractivity contribution in [3.63, 3.8) is 0 Å². The SMILES string of the molecule is CC(C)(C)OC(=O)NCCc1c[nH]c2ccncc12.CCOC(OCC)N(C)C.CN(C)C=Cc1c[n+]([O-])ccc1[N+](=O)[O-].CN(C)Cc1c[nH]c2ccncc12.CNC.Cc1c[n+]([O-])ccc1[N+](=O)[O-].Cl.N#CCc1c[nH]c2ccncc12.NCCc1c[nH]c2ccncc12.c1cc2[nH]ccc2cn1. The van der Waals surface area contributed by atoms with Crippen molar-refractivity contribution in [1.29, 1.82) is 5.26 Å². The summed E-state index contributed by atoms with van der Waals surface area (Å²) >= 11 is 0. The van der Waals surface area contributed by atoms with Gasteiger partial charge in [-0.05, 0) is 174 Å². The number of amides is 1. The first-order chi connectivity index (χ1) is 49.8. The number of aromatic amines is 5. The molecule has 0 saturated carbocycles. The standard InChI is InChI=1S/C14H19N3O2.C10H13N3.C9H11N3O3.C9H11N3.C9H7N3.C7H6N2.C7H17NO2.C6H6N2O3.C2H7N.ClH/c1-14(2,3)19-13(18)16-7-4-10-8-17-12-5-6-15-9-11(10)12;1-13(2)7-8-5-12-10-3-4-11-6-9(8)10;1-10(2)5-3-8-7-11(13)6-4-9(8)12(14)15;2*10-3-1-7-5-12-9-2-4-11-6-8(7)9;1-4-9-7-2-3-8-5-6(1)7;1-5-9-7(8(3)4)10-6-2;1-5-4-7(9)3-2-6(5)8(10)11;1-3-2;/h5-6,8-9,17H,4,7H2,1-3H3,(H,16,18);3-6,12H,7H2,1-2H3;3-7H,1-2H3;2,4-6,12H,1,3,10H2;2,4-6,12H,1H2;1-5,9H;7H,5-6H2,1-4H3;2-4H,1H3;3H,1-2H3;1H. The van der Waals surface area contributed by atoms with Crippen LogP contribution in [-0.4, -0.2) is 175 Å². The van der Waals surface area contributed by atoms with Gasteiger partial charge in [0.1, 0.15) is 11.2 Å². The largest absolute Gasteiger partial charge is 0.619 e. The van der Waals surface area contributed by atoms with E-state index in [2.05, 4.69) is 85.5 Å². The van der Waals surface area contributed by atoms with Crippen molar-refractivity contribution in [3.8, 4) is 6.07 Å². The Kier molecular flexibility index (Phi) is 39.2. The molecule has 0 saturated heterocycles. The average Bonchev–Trinajstić information content (AvgIpc) is 1.68. The van der Waals surface area contributed by atoms with E-state index in [-0.39, 0.29) is 41.9 Å². The Bertz CT molecular complexity index is 4540. The molecule has 0 radical (unpaired) electrons. The Balaban J connectivity index is 0.000000312. The molecule has 12 aromatic rings. The van der Waals surface area contributed by atoms with Crippen molar-refractivity contribution in [2.45, 2.75) is 79.4 Å². The quantitative estimate of drug-likeness (QED) is 0.0138. The summed E-state index contributed by atoms with van der Waals surface area (Å²) in [5, 5.41) is 62.1. The predicted molar refractivity (Wildman–Crippen MR) is 412 cm³/mol. The van der Waals surface area contributed by atoms with Gasteiger partial charge in [-0.15, -0.1) is 12.4 Å². The second kappa shape index (κ2) is 46.9. The molecule has 562 valence electrons. The number of pyridine rings is 7. The summed E-state index contributed by atoms with van der Waals surface area (Å²) in [7, 11) is 15.3. The number of ether oxygens (including phenoxy) is 3. The molecule has 0 bridgehead atoms. The van der Waals surface area contributed by atoms with Gasteiger partial charge in [-0.3, -0.25) is 50.0 Å². The average molecular weight is 1470 g/mol. The van der Waals surface area contributed by atoms with Crippen molar-refractivity contribution >= 4 is 90.5 Å². The Morgan fingerprint density at radius 1 is 0.657 bits per heavy atom. The lowest BCUT2D eigenvalue weighted by atomic mass is 10.1. The fourth-order valence-corrected chi connectivity index (χ4v) is 9.28. The van der Waals surface area contributed by atoms with E-state index < -0.39 is 15.4 Å². The number of nitrogens with one attached hydrogen (secondary N) is 7. The lowest BCUT2D eigenvalue weighted by Crippen LogP contribution is -2.33. The molecule has 31 nitrogen and oxygen atoms in total. The Labute approximate surface area is 616 Å². The zero-order valence-electron chi connectivity index (χ0n) is 61.9. The van der Waals surface area contributed by atoms with Crippen LogP contribution in [0.5, 0.6) is 0 Å². The smallest absolute Gasteiger partial charge is 0.407 e. The molecular weight excluding hydrogens is 1370 g/mol. The number of aromatic nitrogens is 12. The van der Waals surface area contributed by atoms with Gasteiger partial charge in [-0.2, -0.15) is 14.7 Å². The number of rotatable bonds is 17. The third-order valence-electron chi connectivity index (χ3n) is 13.9. The monoisotopic (exact) mass is 1460 g/mol. The molecule has 12 heterocycles. The van der Waals surface area contributed by atoms with Gasteiger partial charge in [0.25, 0.3) is 11.4 Å². The molecule has 9 N–H and O–H groups in total.